The monoisotopic (exact) mass is 569 g/mol. The molecule has 1 saturated heterocycles. The molecule has 3 N–H and O–H groups in total. The Morgan fingerprint density at radius 1 is 0.902 bits per heavy atom. The zero-order chi connectivity index (χ0) is 28.1. The van der Waals surface area contributed by atoms with Crippen LogP contribution in [0, 0.1) is 0 Å². The zero-order valence-corrected chi connectivity index (χ0v) is 24.3. The van der Waals surface area contributed by atoms with Crippen molar-refractivity contribution >= 4 is 51.1 Å². The molecular formula is C31H36ClN9. The Kier molecular flexibility index (Phi) is 6.81. The van der Waals surface area contributed by atoms with Gasteiger partial charge in [-0.15, -0.1) is 0 Å². The van der Waals surface area contributed by atoms with Crippen LogP contribution in [0.2, 0.25) is 5.02 Å². The third kappa shape index (κ3) is 4.81. The second kappa shape index (κ2) is 10.6. The maximum Gasteiger partial charge on any atom is 0.208 e. The van der Waals surface area contributed by atoms with E-state index in [4.69, 9.17) is 27.3 Å². The van der Waals surface area contributed by atoms with E-state index < -0.39 is 0 Å². The molecule has 0 amide bonds. The van der Waals surface area contributed by atoms with Crippen LogP contribution in [0.15, 0.2) is 55.0 Å². The molecule has 1 saturated carbocycles. The van der Waals surface area contributed by atoms with E-state index >= 15 is 0 Å². The number of aromatic nitrogens is 5. The molecule has 0 bridgehead atoms. The number of fused-ring (bicyclic) bond motifs is 2. The van der Waals surface area contributed by atoms with Gasteiger partial charge >= 0.3 is 0 Å². The summed E-state index contributed by atoms with van der Waals surface area (Å²) < 4.78 is 4.37. The lowest BCUT2D eigenvalue weighted by atomic mass is 9.89. The summed E-state index contributed by atoms with van der Waals surface area (Å²) in [4.78, 5) is 18.9. The van der Waals surface area contributed by atoms with Gasteiger partial charge in [-0.25, -0.2) is 15.0 Å². The van der Waals surface area contributed by atoms with Crippen LogP contribution >= 0.6 is 11.6 Å². The van der Waals surface area contributed by atoms with E-state index in [1.807, 2.05) is 29.8 Å². The normalized spacial score (nSPS) is 20.7. The van der Waals surface area contributed by atoms with E-state index in [2.05, 4.69) is 62.2 Å². The molecule has 9 nitrogen and oxygen atoms in total. The van der Waals surface area contributed by atoms with Gasteiger partial charge in [-0.1, -0.05) is 29.8 Å². The van der Waals surface area contributed by atoms with Crippen LogP contribution in [-0.4, -0.2) is 73.2 Å². The van der Waals surface area contributed by atoms with Gasteiger partial charge < -0.3 is 25.1 Å². The molecule has 5 aromatic rings. The number of hydrogen-bond donors (Lipinski definition) is 2. The second-order valence-corrected chi connectivity index (χ2v) is 11.9. The second-order valence-electron chi connectivity index (χ2n) is 11.5. The Balaban J connectivity index is 1.13. The summed E-state index contributed by atoms with van der Waals surface area (Å²) in [6.45, 7) is 4.70. The van der Waals surface area contributed by atoms with Gasteiger partial charge in [-0.05, 0) is 62.6 Å². The Labute approximate surface area is 244 Å². The summed E-state index contributed by atoms with van der Waals surface area (Å²) in [5, 5.41) is 5.01. The van der Waals surface area contributed by atoms with Gasteiger partial charge in [0.25, 0.3) is 0 Å². The van der Waals surface area contributed by atoms with Crippen molar-refractivity contribution in [3.05, 3.63) is 60.0 Å². The summed E-state index contributed by atoms with van der Waals surface area (Å²) >= 11 is 6.37. The molecule has 0 radical (unpaired) electrons. The van der Waals surface area contributed by atoms with Gasteiger partial charge in [0.1, 0.15) is 23.3 Å². The van der Waals surface area contributed by atoms with Gasteiger partial charge in [0.15, 0.2) is 0 Å². The number of nitrogens with zero attached hydrogens (tertiary/aromatic N) is 7. The standard InChI is InChI=1S/C31H36ClN9/c1-38-14-16-40(17-15-38)22-10-12-23(13-11-22)41-18-24(27-29(33)34-19-35-30(27)41)20-6-8-21(9-7-20)36-31-37-28-25(32)4-3-5-26(28)39(31)2/h3-9,18-19,22-23H,10-17H2,1-2H3,(H,36,37)(H2,33,34,35)/t22-,23-. The maximum atomic E-state index is 6.46. The molecule has 10 heteroatoms. The van der Waals surface area contributed by atoms with Gasteiger partial charge in [0.05, 0.1) is 15.9 Å². The number of likely N-dealkylation sites (N-methyl/N-ethyl adjacent to an activating group) is 1. The number of nitrogens with one attached hydrogen (secondary N) is 1. The Morgan fingerprint density at radius 2 is 1.63 bits per heavy atom. The maximum absolute atomic E-state index is 6.46. The molecular weight excluding hydrogens is 534 g/mol. The molecule has 0 spiro atoms. The molecule has 0 atom stereocenters. The fourth-order valence-corrected chi connectivity index (χ4v) is 6.86. The molecule has 212 valence electrons. The van der Waals surface area contributed by atoms with Gasteiger partial charge in [-0.3, -0.25) is 4.90 Å². The van der Waals surface area contributed by atoms with Crippen LogP contribution in [0.4, 0.5) is 17.5 Å². The predicted molar refractivity (Wildman–Crippen MR) is 167 cm³/mol. The SMILES string of the molecule is CN1CCN([C@H]2CC[C@H](n3cc(-c4ccc(Nc5nc6c(Cl)cccc6n5C)cc4)c4c(N)ncnc43)CC2)CC1. The minimum absolute atomic E-state index is 0.412. The molecule has 3 aromatic heterocycles. The van der Waals surface area contributed by atoms with Crippen molar-refractivity contribution in [2.75, 3.05) is 44.3 Å². The summed E-state index contributed by atoms with van der Waals surface area (Å²) in [5.41, 5.74) is 12.3. The minimum atomic E-state index is 0.412. The molecule has 1 aliphatic heterocycles. The average molecular weight is 570 g/mol. The molecule has 41 heavy (non-hydrogen) atoms. The van der Waals surface area contributed by atoms with E-state index in [1.165, 1.54) is 39.0 Å². The molecule has 4 heterocycles. The topological polar surface area (TPSA) is 93.1 Å². The molecule has 2 aliphatic rings. The van der Waals surface area contributed by atoms with Crippen LogP contribution in [0.5, 0.6) is 0 Å². The van der Waals surface area contributed by atoms with E-state index in [1.54, 1.807) is 6.33 Å². The van der Waals surface area contributed by atoms with Crippen LogP contribution in [0.3, 0.4) is 0 Å². The highest BCUT2D eigenvalue weighted by atomic mass is 35.5. The first kappa shape index (κ1) is 26.3. The van der Waals surface area contributed by atoms with Crippen LogP contribution < -0.4 is 11.1 Å². The first-order valence-electron chi connectivity index (χ1n) is 14.5. The number of piperazine rings is 1. The Morgan fingerprint density at radius 3 is 2.37 bits per heavy atom. The van der Waals surface area contributed by atoms with E-state index in [0.717, 1.165) is 57.7 Å². The Hall–Kier alpha value is -3.66. The molecule has 7 rings (SSSR count). The lowest BCUT2D eigenvalue weighted by Crippen LogP contribution is -2.49. The highest BCUT2D eigenvalue weighted by Crippen LogP contribution is 2.39. The van der Waals surface area contributed by atoms with Gasteiger partial charge in [0, 0.05) is 62.8 Å². The minimum Gasteiger partial charge on any atom is -0.383 e. The van der Waals surface area contributed by atoms with Crippen LogP contribution in [0.1, 0.15) is 31.7 Å². The number of para-hydroxylation sites is 1. The third-order valence-electron chi connectivity index (χ3n) is 9.07. The van der Waals surface area contributed by atoms with Crippen molar-refractivity contribution in [1.82, 2.24) is 33.9 Å². The number of nitrogen functional groups attached to an aromatic ring is 1. The van der Waals surface area contributed by atoms with Crippen molar-refractivity contribution in [2.45, 2.75) is 37.8 Å². The number of benzene rings is 2. The van der Waals surface area contributed by atoms with E-state index in [9.17, 15) is 0 Å². The van der Waals surface area contributed by atoms with Crippen molar-refractivity contribution in [2.24, 2.45) is 7.05 Å². The molecule has 2 fully saturated rings. The number of imidazole rings is 1. The Bertz CT molecular complexity index is 1690. The zero-order valence-electron chi connectivity index (χ0n) is 23.6. The highest BCUT2D eigenvalue weighted by molar-refractivity contribution is 6.35. The summed E-state index contributed by atoms with van der Waals surface area (Å²) in [6.07, 6.45) is 8.57. The van der Waals surface area contributed by atoms with Crippen molar-refractivity contribution < 1.29 is 0 Å². The number of anilines is 3. The molecule has 1 aliphatic carbocycles. The number of halogens is 1. The lowest BCUT2D eigenvalue weighted by molar-refractivity contribution is 0.0828. The number of aryl methyl sites for hydroxylation is 1. The van der Waals surface area contributed by atoms with Gasteiger partial charge in [-0.2, -0.15) is 0 Å². The first-order chi connectivity index (χ1) is 20.0. The molecule has 2 aromatic carbocycles. The van der Waals surface area contributed by atoms with E-state index in [0.29, 0.717) is 22.9 Å². The predicted octanol–water partition coefficient (Wildman–Crippen LogP) is 5.70. The average Bonchev–Trinajstić information content (AvgIpc) is 3.54. The molecule has 0 unspecified atom stereocenters. The van der Waals surface area contributed by atoms with Crippen LogP contribution in [0.25, 0.3) is 33.2 Å². The van der Waals surface area contributed by atoms with Gasteiger partial charge in [0.2, 0.25) is 5.95 Å². The third-order valence-corrected chi connectivity index (χ3v) is 9.37. The lowest BCUT2D eigenvalue weighted by Gasteiger charge is -2.41. The quantitative estimate of drug-likeness (QED) is 0.281. The fourth-order valence-electron chi connectivity index (χ4n) is 6.65. The number of nitrogens with two attached hydrogens (primary N) is 1. The van der Waals surface area contributed by atoms with Crippen LogP contribution in [-0.2, 0) is 7.05 Å². The van der Waals surface area contributed by atoms with Crippen molar-refractivity contribution in [1.29, 1.82) is 0 Å². The summed E-state index contributed by atoms with van der Waals surface area (Å²) in [7, 11) is 4.21. The van der Waals surface area contributed by atoms with Crippen molar-refractivity contribution in [3.63, 3.8) is 0 Å². The largest absolute Gasteiger partial charge is 0.383 e. The van der Waals surface area contributed by atoms with Crippen molar-refractivity contribution in [3.8, 4) is 11.1 Å². The fraction of sp³-hybridized carbons (Fsp3) is 0.387. The summed E-state index contributed by atoms with van der Waals surface area (Å²) in [5.74, 6) is 1.26. The van der Waals surface area contributed by atoms with E-state index in [-0.39, 0.29) is 0 Å². The number of rotatable bonds is 5. The number of hydrogen-bond acceptors (Lipinski definition) is 7. The smallest absolute Gasteiger partial charge is 0.208 e. The summed E-state index contributed by atoms with van der Waals surface area (Å²) in [6, 6.07) is 15.3. The highest BCUT2D eigenvalue weighted by Gasteiger charge is 2.30. The first-order valence-corrected chi connectivity index (χ1v) is 14.9.